The third-order valence-corrected chi connectivity index (χ3v) is 3.22. The van der Waals surface area contributed by atoms with Crippen LogP contribution >= 0.6 is 0 Å². The van der Waals surface area contributed by atoms with Crippen LogP contribution in [0.25, 0.3) is 0 Å². The second kappa shape index (κ2) is 6.50. The van der Waals surface area contributed by atoms with Crippen molar-refractivity contribution in [1.82, 2.24) is 5.32 Å². The van der Waals surface area contributed by atoms with Gasteiger partial charge < -0.3 is 10.4 Å². The Labute approximate surface area is 115 Å². The molecule has 0 fully saturated rings. The van der Waals surface area contributed by atoms with Gasteiger partial charge in [0.25, 0.3) is 0 Å². The number of benzene rings is 2. The van der Waals surface area contributed by atoms with Gasteiger partial charge in [0.15, 0.2) is 0 Å². The minimum absolute atomic E-state index is 0.0150. The largest absolute Gasteiger partial charge is 0.394 e. The minimum Gasteiger partial charge on any atom is -0.394 e. The van der Waals surface area contributed by atoms with Gasteiger partial charge in [0.1, 0.15) is 0 Å². The second-order valence-corrected chi connectivity index (χ2v) is 5.02. The molecular weight excluding hydrogens is 234 g/mol. The molecule has 0 aliphatic carbocycles. The van der Waals surface area contributed by atoms with Crippen molar-refractivity contribution in [2.75, 3.05) is 6.61 Å². The molecule has 1 atom stereocenters. The van der Waals surface area contributed by atoms with Crippen molar-refractivity contribution in [3.05, 3.63) is 70.8 Å². The molecule has 2 N–H and O–H groups in total. The molecule has 0 bridgehead atoms. The van der Waals surface area contributed by atoms with Gasteiger partial charge in [0, 0.05) is 6.54 Å². The Morgan fingerprint density at radius 2 is 1.63 bits per heavy atom. The molecule has 0 amide bonds. The highest BCUT2D eigenvalue weighted by molar-refractivity contribution is 5.31. The maximum absolute atomic E-state index is 9.58. The maximum Gasteiger partial charge on any atom is 0.0626 e. The Morgan fingerprint density at radius 1 is 1.00 bits per heavy atom. The van der Waals surface area contributed by atoms with Gasteiger partial charge in [-0.25, -0.2) is 0 Å². The van der Waals surface area contributed by atoms with Crippen LogP contribution in [-0.2, 0) is 6.54 Å². The molecular formula is C17H21NO. The summed E-state index contributed by atoms with van der Waals surface area (Å²) in [6.45, 7) is 5.04. The van der Waals surface area contributed by atoms with Crippen LogP contribution in [-0.4, -0.2) is 11.7 Å². The van der Waals surface area contributed by atoms with Crippen LogP contribution in [0.4, 0.5) is 0 Å². The van der Waals surface area contributed by atoms with E-state index in [2.05, 4.69) is 49.5 Å². The first kappa shape index (κ1) is 13.8. The molecule has 1 unspecified atom stereocenters. The minimum atomic E-state index is -0.0150. The van der Waals surface area contributed by atoms with Crippen LogP contribution in [0.5, 0.6) is 0 Å². The van der Waals surface area contributed by atoms with Crippen LogP contribution in [0.15, 0.2) is 48.5 Å². The van der Waals surface area contributed by atoms with Gasteiger partial charge in [0.05, 0.1) is 12.6 Å². The van der Waals surface area contributed by atoms with Crippen molar-refractivity contribution in [3.8, 4) is 0 Å². The maximum atomic E-state index is 9.58. The molecule has 2 nitrogen and oxygen atoms in total. The van der Waals surface area contributed by atoms with Crippen LogP contribution in [0.3, 0.4) is 0 Å². The zero-order valence-corrected chi connectivity index (χ0v) is 11.6. The number of hydrogen-bond donors (Lipinski definition) is 2. The highest BCUT2D eigenvalue weighted by Crippen LogP contribution is 2.17. The molecule has 0 aliphatic heterocycles. The average Bonchev–Trinajstić information content (AvgIpc) is 2.39. The average molecular weight is 255 g/mol. The van der Waals surface area contributed by atoms with E-state index in [4.69, 9.17) is 0 Å². The van der Waals surface area contributed by atoms with Crippen LogP contribution in [0.2, 0.25) is 0 Å². The van der Waals surface area contributed by atoms with Gasteiger partial charge in [-0.15, -0.1) is 0 Å². The van der Waals surface area contributed by atoms with Crippen molar-refractivity contribution in [2.45, 2.75) is 26.4 Å². The molecule has 0 saturated carbocycles. The highest BCUT2D eigenvalue weighted by Gasteiger charge is 2.10. The van der Waals surface area contributed by atoms with E-state index in [-0.39, 0.29) is 12.6 Å². The van der Waals surface area contributed by atoms with Crippen LogP contribution in [0.1, 0.15) is 28.3 Å². The first-order valence-corrected chi connectivity index (χ1v) is 6.65. The number of nitrogens with one attached hydrogen (secondary N) is 1. The smallest absolute Gasteiger partial charge is 0.0626 e. The van der Waals surface area contributed by atoms with E-state index in [1.807, 2.05) is 18.2 Å². The fraction of sp³-hybridized carbons (Fsp3) is 0.294. The van der Waals surface area contributed by atoms with E-state index in [1.165, 1.54) is 16.7 Å². The molecule has 2 heteroatoms. The lowest BCUT2D eigenvalue weighted by Gasteiger charge is -2.18. The summed E-state index contributed by atoms with van der Waals surface area (Å²) in [6, 6.07) is 16.6. The van der Waals surface area contributed by atoms with Crippen LogP contribution in [0, 0.1) is 13.8 Å². The number of aliphatic hydroxyl groups excluding tert-OH is 1. The topological polar surface area (TPSA) is 32.3 Å². The van der Waals surface area contributed by atoms with E-state index >= 15 is 0 Å². The molecule has 2 rings (SSSR count). The molecule has 100 valence electrons. The molecule has 0 saturated heterocycles. The molecule has 0 spiro atoms. The summed E-state index contributed by atoms with van der Waals surface area (Å²) in [7, 11) is 0. The van der Waals surface area contributed by atoms with E-state index < -0.39 is 0 Å². The van der Waals surface area contributed by atoms with Gasteiger partial charge in [-0.05, 0) is 25.0 Å². The zero-order valence-electron chi connectivity index (χ0n) is 11.6. The molecule has 0 aliphatic rings. The standard InChI is InChI=1S/C17H21NO/c1-13-8-14(2)10-16(9-13)17(12-19)18-11-15-6-4-3-5-7-15/h3-10,17-19H,11-12H2,1-2H3. The summed E-state index contributed by atoms with van der Waals surface area (Å²) in [5, 5.41) is 13.0. The summed E-state index contributed by atoms with van der Waals surface area (Å²) < 4.78 is 0. The van der Waals surface area contributed by atoms with Gasteiger partial charge in [-0.1, -0.05) is 59.7 Å². The SMILES string of the molecule is Cc1cc(C)cc(C(CO)NCc2ccccc2)c1. The third-order valence-electron chi connectivity index (χ3n) is 3.22. The van der Waals surface area contributed by atoms with E-state index in [0.717, 1.165) is 12.1 Å². The molecule has 0 radical (unpaired) electrons. The molecule has 2 aromatic carbocycles. The lowest BCUT2D eigenvalue weighted by Crippen LogP contribution is -2.24. The summed E-state index contributed by atoms with van der Waals surface area (Å²) in [5.41, 5.74) is 4.84. The summed E-state index contributed by atoms with van der Waals surface area (Å²) in [5.74, 6) is 0. The normalized spacial score (nSPS) is 12.4. The van der Waals surface area contributed by atoms with E-state index in [0.29, 0.717) is 0 Å². The number of rotatable bonds is 5. The molecule has 19 heavy (non-hydrogen) atoms. The Kier molecular flexibility index (Phi) is 4.72. The number of aliphatic hydroxyl groups is 1. The predicted octanol–water partition coefficient (Wildman–Crippen LogP) is 3.13. The lowest BCUT2D eigenvalue weighted by atomic mass is 10.0. The van der Waals surface area contributed by atoms with Crippen molar-refractivity contribution in [3.63, 3.8) is 0 Å². The monoisotopic (exact) mass is 255 g/mol. The zero-order chi connectivity index (χ0) is 13.7. The van der Waals surface area contributed by atoms with Gasteiger partial charge in [-0.3, -0.25) is 0 Å². The fourth-order valence-corrected chi connectivity index (χ4v) is 2.34. The van der Waals surface area contributed by atoms with Crippen LogP contribution < -0.4 is 5.32 Å². The first-order valence-electron chi connectivity index (χ1n) is 6.65. The Hall–Kier alpha value is -1.64. The van der Waals surface area contributed by atoms with E-state index in [9.17, 15) is 5.11 Å². The van der Waals surface area contributed by atoms with Crippen molar-refractivity contribution in [1.29, 1.82) is 0 Å². The summed E-state index contributed by atoms with van der Waals surface area (Å²) in [6.07, 6.45) is 0. The molecule has 0 heterocycles. The number of aryl methyl sites for hydroxylation is 2. The Morgan fingerprint density at radius 3 is 2.21 bits per heavy atom. The Balaban J connectivity index is 2.07. The fourth-order valence-electron chi connectivity index (χ4n) is 2.34. The second-order valence-electron chi connectivity index (χ2n) is 5.02. The van der Waals surface area contributed by atoms with Crippen molar-refractivity contribution >= 4 is 0 Å². The van der Waals surface area contributed by atoms with Crippen molar-refractivity contribution < 1.29 is 5.11 Å². The highest BCUT2D eigenvalue weighted by atomic mass is 16.3. The Bertz CT molecular complexity index is 502. The lowest BCUT2D eigenvalue weighted by molar-refractivity contribution is 0.243. The third kappa shape index (κ3) is 3.91. The van der Waals surface area contributed by atoms with Gasteiger partial charge >= 0.3 is 0 Å². The van der Waals surface area contributed by atoms with E-state index in [1.54, 1.807) is 0 Å². The first-order chi connectivity index (χ1) is 9.19. The summed E-state index contributed by atoms with van der Waals surface area (Å²) >= 11 is 0. The quantitative estimate of drug-likeness (QED) is 0.860. The van der Waals surface area contributed by atoms with Gasteiger partial charge in [0.2, 0.25) is 0 Å². The molecule has 2 aromatic rings. The van der Waals surface area contributed by atoms with Gasteiger partial charge in [-0.2, -0.15) is 0 Å². The number of hydrogen-bond acceptors (Lipinski definition) is 2. The summed E-state index contributed by atoms with van der Waals surface area (Å²) in [4.78, 5) is 0. The predicted molar refractivity (Wildman–Crippen MR) is 79.0 cm³/mol. The molecule has 0 aromatic heterocycles. The van der Waals surface area contributed by atoms with Crippen molar-refractivity contribution in [2.24, 2.45) is 0 Å².